The zero-order valence-corrected chi connectivity index (χ0v) is 24.4. The Bertz CT molecular complexity index is 1360. The summed E-state index contributed by atoms with van der Waals surface area (Å²) in [6.45, 7) is 15.0. The predicted molar refractivity (Wildman–Crippen MR) is 161 cm³/mol. The molecule has 0 aliphatic heterocycles. The smallest absolute Gasteiger partial charge is 0.408 e. The Balaban J connectivity index is 2.02. The summed E-state index contributed by atoms with van der Waals surface area (Å²) >= 11 is 0. The highest BCUT2D eigenvalue weighted by Gasteiger charge is 2.37. The second kappa shape index (κ2) is 13.3. The minimum atomic E-state index is -0.969. The molecule has 0 aromatic heterocycles. The fourth-order valence-corrected chi connectivity index (χ4v) is 4.55. The number of nitrogens with zero attached hydrogens (tertiary/aromatic N) is 1. The molecule has 0 bridgehead atoms. The van der Waals surface area contributed by atoms with Crippen LogP contribution in [0, 0.1) is 12.8 Å². The molecule has 212 valence electrons. The Morgan fingerprint density at radius 2 is 1.70 bits per heavy atom. The number of benzene rings is 3. The maximum absolute atomic E-state index is 14.2. The Morgan fingerprint density at radius 1 is 1.00 bits per heavy atom. The van der Waals surface area contributed by atoms with Gasteiger partial charge in [0.15, 0.2) is 0 Å². The van der Waals surface area contributed by atoms with Crippen molar-refractivity contribution in [2.24, 2.45) is 5.92 Å². The molecule has 3 rings (SSSR count). The first-order chi connectivity index (χ1) is 18.9. The van der Waals surface area contributed by atoms with E-state index in [9.17, 15) is 14.4 Å². The molecule has 0 saturated carbocycles. The van der Waals surface area contributed by atoms with E-state index >= 15 is 0 Å². The topological polar surface area (TPSA) is 87.7 Å². The van der Waals surface area contributed by atoms with Gasteiger partial charge in [0.25, 0.3) is 5.91 Å². The van der Waals surface area contributed by atoms with Crippen molar-refractivity contribution in [1.29, 1.82) is 0 Å². The number of amides is 3. The van der Waals surface area contributed by atoms with E-state index in [2.05, 4.69) is 17.2 Å². The van der Waals surface area contributed by atoms with Gasteiger partial charge in [0.1, 0.15) is 17.7 Å². The molecule has 0 radical (unpaired) electrons. The van der Waals surface area contributed by atoms with E-state index in [4.69, 9.17) is 4.74 Å². The van der Waals surface area contributed by atoms with E-state index in [0.29, 0.717) is 17.7 Å². The van der Waals surface area contributed by atoms with E-state index in [1.54, 1.807) is 26.8 Å². The van der Waals surface area contributed by atoms with E-state index in [-0.39, 0.29) is 24.3 Å². The number of aryl methyl sites for hydroxylation is 1. The van der Waals surface area contributed by atoms with E-state index in [1.807, 2.05) is 87.5 Å². The zero-order valence-electron chi connectivity index (χ0n) is 24.4. The van der Waals surface area contributed by atoms with Crippen LogP contribution >= 0.6 is 0 Å². The van der Waals surface area contributed by atoms with Crippen LogP contribution in [-0.4, -0.2) is 41.0 Å². The van der Waals surface area contributed by atoms with Crippen LogP contribution in [0.2, 0.25) is 0 Å². The second-order valence-electron chi connectivity index (χ2n) is 11.2. The van der Waals surface area contributed by atoms with E-state index in [1.165, 1.54) is 4.90 Å². The normalized spacial score (nSPS) is 13.6. The Morgan fingerprint density at radius 3 is 2.33 bits per heavy atom. The van der Waals surface area contributed by atoms with Crippen LogP contribution in [0.4, 0.5) is 10.5 Å². The lowest BCUT2D eigenvalue weighted by molar-refractivity contribution is -0.141. The summed E-state index contributed by atoms with van der Waals surface area (Å²) in [7, 11) is 0. The average Bonchev–Trinajstić information content (AvgIpc) is 2.89. The first-order valence-electron chi connectivity index (χ1n) is 13.7. The molecule has 40 heavy (non-hydrogen) atoms. The number of ether oxygens (including phenoxy) is 1. The summed E-state index contributed by atoms with van der Waals surface area (Å²) in [6, 6.07) is 19.3. The maximum Gasteiger partial charge on any atom is 0.408 e. The SMILES string of the molecule is C=CCN(C(=O)C(NC(=O)OC(C)(C)C)C(C)CC)C(C(=O)Nc1ccc2ccccc2c1)c1cccc(C)c1. The molecule has 0 fully saturated rings. The van der Waals surface area contributed by atoms with Gasteiger partial charge in [0, 0.05) is 12.2 Å². The molecule has 3 unspecified atom stereocenters. The number of anilines is 1. The van der Waals surface area contributed by atoms with Crippen LogP contribution in [-0.2, 0) is 14.3 Å². The third-order valence-electron chi connectivity index (χ3n) is 6.70. The monoisotopic (exact) mass is 543 g/mol. The molecule has 7 nitrogen and oxygen atoms in total. The van der Waals surface area contributed by atoms with Crippen LogP contribution in [0.1, 0.15) is 58.2 Å². The highest BCUT2D eigenvalue weighted by molar-refractivity contribution is 6.00. The van der Waals surface area contributed by atoms with Crippen molar-refractivity contribution in [3.8, 4) is 0 Å². The van der Waals surface area contributed by atoms with Gasteiger partial charge in [-0.15, -0.1) is 6.58 Å². The predicted octanol–water partition coefficient (Wildman–Crippen LogP) is 6.78. The third-order valence-corrected chi connectivity index (χ3v) is 6.70. The number of fused-ring (bicyclic) bond motifs is 1. The van der Waals surface area contributed by atoms with Gasteiger partial charge in [-0.2, -0.15) is 0 Å². The largest absolute Gasteiger partial charge is 0.444 e. The van der Waals surface area contributed by atoms with Crippen molar-refractivity contribution in [3.05, 3.63) is 90.5 Å². The number of hydrogen-bond acceptors (Lipinski definition) is 4. The quantitative estimate of drug-likeness (QED) is 0.276. The molecule has 3 aromatic rings. The molecule has 3 amide bonds. The molecule has 0 aliphatic rings. The molecule has 0 heterocycles. The molecule has 0 aliphatic carbocycles. The highest BCUT2D eigenvalue weighted by Crippen LogP contribution is 2.27. The van der Waals surface area contributed by atoms with Crippen molar-refractivity contribution in [2.45, 2.75) is 65.6 Å². The first kappa shape index (κ1) is 30.4. The highest BCUT2D eigenvalue weighted by atomic mass is 16.6. The zero-order chi connectivity index (χ0) is 29.4. The van der Waals surface area contributed by atoms with Crippen molar-refractivity contribution < 1.29 is 19.1 Å². The third kappa shape index (κ3) is 7.94. The maximum atomic E-state index is 14.2. The molecular weight excluding hydrogens is 502 g/mol. The fraction of sp³-hybridized carbons (Fsp3) is 0.364. The summed E-state index contributed by atoms with van der Waals surface area (Å²) in [5, 5.41) is 7.84. The molecule has 7 heteroatoms. The van der Waals surface area contributed by atoms with Gasteiger partial charge < -0.3 is 20.3 Å². The van der Waals surface area contributed by atoms with Gasteiger partial charge in [0.2, 0.25) is 5.91 Å². The molecule has 3 atom stereocenters. The Kier molecular flexibility index (Phi) is 10.1. The number of carbonyl (C=O) groups is 3. The standard InChI is InChI=1S/C33H41N3O4/c1-8-19-36(31(38)28(23(4)9-2)35-32(39)40-33(5,6)7)29(26-16-12-13-22(3)20-26)30(37)34-27-18-17-24-14-10-11-15-25(24)21-27/h8,10-18,20-21,23,28-29H,1,9,19H2,2-7H3,(H,34,37)(H,35,39). The number of nitrogens with one attached hydrogen (secondary N) is 2. The fourth-order valence-electron chi connectivity index (χ4n) is 4.55. The van der Waals surface area contributed by atoms with Crippen molar-refractivity contribution in [2.75, 3.05) is 11.9 Å². The molecule has 2 N–H and O–H groups in total. The van der Waals surface area contributed by atoms with E-state index in [0.717, 1.165) is 16.3 Å². The van der Waals surface area contributed by atoms with E-state index < -0.39 is 23.8 Å². The lowest BCUT2D eigenvalue weighted by atomic mass is 9.95. The Labute approximate surface area is 237 Å². The lowest BCUT2D eigenvalue weighted by Crippen LogP contribution is -2.54. The number of carbonyl (C=O) groups excluding carboxylic acids is 3. The molecule has 0 spiro atoms. The van der Waals surface area contributed by atoms with Crippen molar-refractivity contribution in [1.82, 2.24) is 10.2 Å². The summed E-state index contributed by atoms with van der Waals surface area (Å²) in [6.07, 6.45) is 1.54. The summed E-state index contributed by atoms with van der Waals surface area (Å²) in [5.74, 6) is -0.967. The van der Waals surface area contributed by atoms with Crippen LogP contribution in [0.3, 0.4) is 0 Å². The van der Waals surface area contributed by atoms with Gasteiger partial charge in [-0.05, 0) is 62.1 Å². The molecule has 3 aromatic carbocycles. The molecular formula is C33H41N3O4. The Hall–Kier alpha value is -4.13. The van der Waals surface area contributed by atoms with Crippen LogP contribution in [0.25, 0.3) is 10.8 Å². The average molecular weight is 544 g/mol. The van der Waals surface area contributed by atoms with Crippen molar-refractivity contribution >= 4 is 34.4 Å². The van der Waals surface area contributed by atoms with Gasteiger partial charge >= 0.3 is 6.09 Å². The van der Waals surface area contributed by atoms with Crippen LogP contribution < -0.4 is 10.6 Å². The minimum absolute atomic E-state index is 0.103. The van der Waals surface area contributed by atoms with Crippen LogP contribution in [0.5, 0.6) is 0 Å². The second-order valence-corrected chi connectivity index (χ2v) is 11.2. The summed E-state index contributed by atoms with van der Waals surface area (Å²) < 4.78 is 5.45. The van der Waals surface area contributed by atoms with Gasteiger partial charge in [-0.1, -0.05) is 86.5 Å². The van der Waals surface area contributed by atoms with Crippen molar-refractivity contribution in [3.63, 3.8) is 0 Å². The first-order valence-corrected chi connectivity index (χ1v) is 13.7. The van der Waals surface area contributed by atoms with Gasteiger partial charge in [0.05, 0.1) is 0 Å². The summed E-state index contributed by atoms with van der Waals surface area (Å²) in [5.41, 5.74) is 1.52. The minimum Gasteiger partial charge on any atom is -0.444 e. The number of alkyl carbamates (subject to hydrolysis) is 1. The van der Waals surface area contributed by atoms with Gasteiger partial charge in [-0.25, -0.2) is 4.79 Å². The van der Waals surface area contributed by atoms with Crippen LogP contribution in [0.15, 0.2) is 79.4 Å². The lowest BCUT2D eigenvalue weighted by Gasteiger charge is -2.35. The van der Waals surface area contributed by atoms with Gasteiger partial charge in [-0.3, -0.25) is 9.59 Å². The number of hydrogen-bond donors (Lipinski definition) is 2. The number of rotatable bonds is 10. The molecule has 0 saturated heterocycles. The summed E-state index contributed by atoms with van der Waals surface area (Å²) in [4.78, 5) is 42.4.